The van der Waals surface area contributed by atoms with Crippen molar-refractivity contribution in [2.75, 3.05) is 12.3 Å². The minimum absolute atomic E-state index is 0.0101. The summed E-state index contributed by atoms with van der Waals surface area (Å²) in [5.41, 5.74) is 5.09. The monoisotopic (exact) mass is 361 g/mol. The molecule has 8 heteroatoms. The van der Waals surface area contributed by atoms with Gasteiger partial charge < -0.3 is 15.0 Å². The highest BCUT2D eigenvalue weighted by molar-refractivity contribution is 5.81. The Morgan fingerprint density at radius 3 is 2.69 bits per heavy atom. The molecule has 2 N–H and O–H groups in total. The highest BCUT2D eigenvalue weighted by Crippen LogP contribution is 2.29. The van der Waals surface area contributed by atoms with E-state index in [0.717, 1.165) is 0 Å². The minimum Gasteiger partial charge on any atom is -0.464 e. The van der Waals surface area contributed by atoms with Crippen molar-refractivity contribution in [1.29, 1.82) is 0 Å². The Bertz CT molecular complexity index is 850. The average molecular weight is 361 g/mol. The summed E-state index contributed by atoms with van der Waals surface area (Å²) in [4.78, 5) is 23.4. The summed E-state index contributed by atoms with van der Waals surface area (Å²) in [5.74, 6) is 2.45. The second kappa shape index (κ2) is 7.28. The van der Waals surface area contributed by atoms with Crippen LogP contribution in [0.3, 0.4) is 0 Å². The maximum Gasteiger partial charge on any atom is 0.312 e. The van der Waals surface area contributed by atoms with E-state index in [-0.39, 0.29) is 18.4 Å². The molecular weight excluding hydrogens is 337 g/mol. The van der Waals surface area contributed by atoms with Crippen LogP contribution >= 0.6 is 0 Å². The molecule has 140 valence electrons. The van der Waals surface area contributed by atoms with E-state index in [0.29, 0.717) is 30.6 Å². The number of carbonyl (C=O) groups is 1. The van der Waals surface area contributed by atoms with E-state index < -0.39 is 16.9 Å². The van der Waals surface area contributed by atoms with Crippen LogP contribution in [0.4, 0.5) is 10.2 Å². The zero-order valence-corrected chi connectivity index (χ0v) is 15.5. The fraction of sp³-hybridized carbons (Fsp3) is 0.556. The van der Waals surface area contributed by atoms with Gasteiger partial charge in [0.1, 0.15) is 12.1 Å². The van der Waals surface area contributed by atoms with Crippen molar-refractivity contribution in [2.24, 2.45) is 10.8 Å². The fourth-order valence-corrected chi connectivity index (χ4v) is 2.42. The number of esters is 1. The fourth-order valence-electron chi connectivity index (χ4n) is 2.42. The number of imidazole rings is 1. The summed E-state index contributed by atoms with van der Waals surface area (Å²) in [5, 5.41) is 0. The van der Waals surface area contributed by atoms with Crippen LogP contribution in [0, 0.1) is 29.3 Å². The van der Waals surface area contributed by atoms with Gasteiger partial charge in [0.25, 0.3) is 0 Å². The Hall–Kier alpha value is -2.69. The molecule has 0 aromatic carbocycles. The topological polar surface area (TPSA) is 95.9 Å². The number of aromatic nitrogens is 4. The zero-order valence-electron chi connectivity index (χ0n) is 15.5. The predicted octanol–water partition coefficient (Wildman–Crippen LogP) is 2.56. The van der Waals surface area contributed by atoms with Crippen molar-refractivity contribution >= 4 is 23.0 Å². The molecule has 26 heavy (non-hydrogen) atoms. The highest BCUT2D eigenvalue weighted by atomic mass is 19.1. The Kier molecular flexibility index (Phi) is 5.50. The van der Waals surface area contributed by atoms with Gasteiger partial charge in [-0.25, -0.2) is 4.98 Å². The van der Waals surface area contributed by atoms with E-state index in [1.54, 1.807) is 25.3 Å². The van der Waals surface area contributed by atoms with Gasteiger partial charge in [-0.05, 0) is 33.6 Å². The van der Waals surface area contributed by atoms with Gasteiger partial charge in [0.05, 0.1) is 17.2 Å². The number of aryl methyl sites for hydroxylation is 1. The molecule has 2 rings (SSSR count). The molecule has 0 amide bonds. The van der Waals surface area contributed by atoms with Crippen LogP contribution in [0.5, 0.6) is 0 Å². The van der Waals surface area contributed by atoms with Crippen molar-refractivity contribution < 1.29 is 13.9 Å². The summed E-state index contributed by atoms with van der Waals surface area (Å²) in [6.07, 6.45) is 7.49. The number of nitrogen functional groups attached to an aromatic ring is 1. The number of ether oxygens (including phenoxy) is 1. The number of nitrogens with two attached hydrogens (primary N) is 1. The SMILES string of the molecule is C#CC(CC)(CCn1cnc2c(N)nc(F)nc21)COC(=O)C(C)(C)C. The first-order valence-electron chi connectivity index (χ1n) is 8.41. The molecule has 0 radical (unpaired) electrons. The Morgan fingerprint density at radius 1 is 1.42 bits per heavy atom. The molecule has 0 bridgehead atoms. The summed E-state index contributed by atoms with van der Waals surface area (Å²) < 4.78 is 20.6. The first-order valence-corrected chi connectivity index (χ1v) is 8.41. The molecule has 0 saturated heterocycles. The van der Waals surface area contributed by atoms with Gasteiger partial charge in [-0.3, -0.25) is 4.79 Å². The summed E-state index contributed by atoms with van der Waals surface area (Å²) in [6.45, 7) is 7.85. The lowest BCUT2D eigenvalue weighted by atomic mass is 9.83. The first-order chi connectivity index (χ1) is 12.1. The van der Waals surface area contributed by atoms with Crippen molar-refractivity contribution in [3.8, 4) is 12.3 Å². The number of rotatable bonds is 6. The molecule has 2 aromatic rings. The second-order valence-electron chi connectivity index (χ2n) is 7.34. The number of terminal acetylenes is 1. The van der Waals surface area contributed by atoms with Crippen molar-refractivity contribution in [3.05, 3.63) is 12.4 Å². The van der Waals surface area contributed by atoms with Gasteiger partial charge >= 0.3 is 12.0 Å². The molecule has 0 aliphatic carbocycles. The summed E-state index contributed by atoms with van der Waals surface area (Å²) in [6, 6.07) is 0. The van der Waals surface area contributed by atoms with Crippen LogP contribution in [0.1, 0.15) is 40.5 Å². The van der Waals surface area contributed by atoms with E-state index in [1.807, 2.05) is 6.92 Å². The molecule has 0 saturated carbocycles. The second-order valence-corrected chi connectivity index (χ2v) is 7.34. The number of nitrogens with zero attached hydrogens (tertiary/aromatic N) is 4. The van der Waals surface area contributed by atoms with Gasteiger partial charge in [0.15, 0.2) is 11.5 Å². The first kappa shape index (κ1) is 19.6. The van der Waals surface area contributed by atoms with E-state index in [1.165, 1.54) is 6.33 Å². The van der Waals surface area contributed by atoms with E-state index in [9.17, 15) is 9.18 Å². The smallest absolute Gasteiger partial charge is 0.312 e. The number of fused-ring (bicyclic) bond motifs is 1. The van der Waals surface area contributed by atoms with Crippen molar-refractivity contribution in [3.63, 3.8) is 0 Å². The molecule has 0 aliphatic rings. The maximum atomic E-state index is 13.4. The number of carbonyl (C=O) groups excluding carboxylic acids is 1. The predicted molar refractivity (Wildman–Crippen MR) is 96.3 cm³/mol. The largest absolute Gasteiger partial charge is 0.464 e. The normalized spacial score (nSPS) is 14.0. The lowest BCUT2D eigenvalue weighted by molar-refractivity contribution is -0.155. The van der Waals surface area contributed by atoms with Crippen LogP contribution in [0.15, 0.2) is 6.33 Å². The molecule has 1 unspecified atom stereocenters. The Morgan fingerprint density at radius 2 is 2.12 bits per heavy atom. The van der Waals surface area contributed by atoms with Gasteiger partial charge in [0.2, 0.25) is 0 Å². The summed E-state index contributed by atoms with van der Waals surface area (Å²) >= 11 is 0. The van der Waals surface area contributed by atoms with Crippen LogP contribution in [0.25, 0.3) is 11.2 Å². The Labute approximate surface area is 152 Å². The van der Waals surface area contributed by atoms with Crippen LogP contribution in [-0.4, -0.2) is 32.1 Å². The molecule has 0 aliphatic heterocycles. The summed E-state index contributed by atoms with van der Waals surface area (Å²) in [7, 11) is 0. The zero-order chi connectivity index (χ0) is 19.5. The maximum absolute atomic E-state index is 13.4. The molecule has 2 aromatic heterocycles. The van der Waals surface area contributed by atoms with Crippen LogP contribution in [0.2, 0.25) is 0 Å². The molecule has 0 spiro atoms. The highest BCUT2D eigenvalue weighted by Gasteiger charge is 2.31. The average Bonchev–Trinajstić information content (AvgIpc) is 2.98. The molecule has 2 heterocycles. The van der Waals surface area contributed by atoms with Crippen LogP contribution in [-0.2, 0) is 16.1 Å². The quantitative estimate of drug-likeness (QED) is 0.483. The Balaban J connectivity index is 2.16. The van der Waals surface area contributed by atoms with Gasteiger partial charge in [-0.15, -0.1) is 6.42 Å². The standard InChI is InChI=1S/C18H24FN5O2/c1-6-18(7-2,10-26-15(25)17(3,4)5)8-9-24-11-21-12-13(20)22-16(19)23-14(12)24/h1,11H,7-10H2,2-5H3,(H2,20,22,23). The van der Waals surface area contributed by atoms with Gasteiger partial charge in [-0.1, -0.05) is 12.8 Å². The number of anilines is 1. The molecule has 7 nitrogen and oxygen atoms in total. The van der Waals surface area contributed by atoms with E-state index in [4.69, 9.17) is 16.9 Å². The minimum atomic E-state index is -0.908. The van der Waals surface area contributed by atoms with Crippen molar-refractivity contribution in [2.45, 2.75) is 47.1 Å². The number of halogens is 1. The number of hydrogen-bond donors (Lipinski definition) is 1. The third-order valence-electron chi connectivity index (χ3n) is 4.37. The number of hydrogen-bond acceptors (Lipinski definition) is 6. The third-order valence-corrected chi connectivity index (χ3v) is 4.37. The van der Waals surface area contributed by atoms with E-state index in [2.05, 4.69) is 20.9 Å². The van der Waals surface area contributed by atoms with Crippen molar-refractivity contribution in [1.82, 2.24) is 19.5 Å². The lowest BCUT2D eigenvalue weighted by Gasteiger charge is -2.28. The van der Waals surface area contributed by atoms with Gasteiger partial charge in [-0.2, -0.15) is 14.4 Å². The van der Waals surface area contributed by atoms with Gasteiger partial charge in [0, 0.05) is 6.54 Å². The van der Waals surface area contributed by atoms with Crippen LogP contribution < -0.4 is 5.73 Å². The van der Waals surface area contributed by atoms with E-state index >= 15 is 0 Å². The third kappa shape index (κ3) is 4.10. The molecular formula is C18H24FN5O2. The lowest BCUT2D eigenvalue weighted by Crippen LogP contribution is -2.31. The molecule has 0 fully saturated rings. The molecule has 1 atom stereocenters.